The highest BCUT2D eigenvalue weighted by molar-refractivity contribution is 5.92. The van der Waals surface area contributed by atoms with Gasteiger partial charge in [0.25, 0.3) is 5.91 Å². The molecular weight excluding hydrogens is 364 g/mol. The number of hydrogen-bond acceptors (Lipinski definition) is 5. The Bertz CT molecular complexity index is 994. The van der Waals surface area contributed by atoms with Gasteiger partial charge in [0, 0.05) is 18.4 Å². The molecule has 0 saturated heterocycles. The lowest BCUT2D eigenvalue weighted by molar-refractivity contribution is 0.0949. The van der Waals surface area contributed by atoms with Crippen LogP contribution in [0.4, 0.5) is 11.6 Å². The Labute approximate surface area is 171 Å². The summed E-state index contributed by atoms with van der Waals surface area (Å²) < 4.78 is 5.23. The minimum absolute atomic E-state index is 0.226. The number of ether oxygens (including phenoxy) is 1. The van der Waals surface area contributed by atoms with Gasteiger partial charge in [-0.3, -0.25) is 4.79 Å². The molecule has 0 unspecified atom stereocenters. The minimum atomic E-state index is -0.226. The van der Waals surface area contributed by atoms with E-state index in [2.05, 4.69) is 39.7 Å². The molecule has 29 heavy (non-hydrogen) atoms. The summed E-state index contributed by atoms with van der Waals surface area (Å²) in [7, 11) is 1.64. The van der Waals surface area contributed by atoms with Crippen LogP contribution in [0.3, 0.4) is 0 Å². The van der Waals surface area contributed by atoms with Crippen molar-refractivity contribution in [1.82, 2.24) is 15.3 Å². The van der Waals surface area contributed by atoms with Gasteiger partial charge in [0.05, 0.1) is 7.11 Å². The second kappa shape index (κ2) is 9.19. The highest BCUT2D eigenvalue weighted by Gasteiger charge is 2.11. The molecular formula is C23H26N4O2. The number of aryl methyl sites for hydroxylation is 3. The maximum absolute atomic E-state index is 12.5. The Kier molecular flexibility index (Phi) is 6.44. The fraction of sp³-hybridized carbons (Fsp3) is 0.261. The standard InChI is InChI=1S/C23H26N4O2/c1-15-12-16(2)21(17(3)13-15)27-23-25-11-9-20(26-23)22(28)24-10-8-18-6-5-7-19(14-18)29-4/h5-7,9,11-14H,8,10H2,1-4H3,(H,24,28)(H,25,26,27). The van der Waals surface area contributed by atoms with Gasteiger partial charge in [-0.2, -0.15) is 0 Å². The van der Waals surface area contributed by atoms with E-state index >= 15 is 0 Å². The predicted molar refractivity (Wildman–Crippen MR) is 115 cm³/mol. The second-order valence-electron chi connectivity index (χ2n) is 7.02. The zero-order valence-corrected chi connectivity index (χ0v) is 17.2. The first-order chi connectivity index (χ1) is 14.0. The Balaban J connectivity index is 1.63. The average Bonchev–Trinajstić information content (AvgIpc) is 2.71. The van der Waals surface area contributed by atoms with Gasteiger partial charge >= 0.3 is 0 Å². The molecule has 0 aliphatic heterocycles. The van der Waals surface area contributed by atoms with E-state index in [0.29, 0.717) is 24.6 Å². The van der Waals surface area contributed by atoms with E-state index in [0.717, 1.165) is 28.1 Å². The summed E-state index contributed by atoms with van der Waals surface area (Å²) in [6.45, 7) is 6.65. The van der Waals surface area contributed by atoms with Crippen molar-refractivity contribution < 1.29 is 9.53 Å². The molecule has 6 nitrogen and oxygen atoms in total. The van der Waals surface area contributed by atoms with Crippen LogP contribution >= 0.6 is 0 Å². The summed E-state index contributed by atoms with van der Waals surface area (Å²) >= 11 is 0. The molecule has 0 atom stereocenters. The van der Waals surface area contributed by atoms with E-state index in [9.17, 15) is 4.79 Å². The molecule has 1 aromatic heterocycles. The van der Waals surface area contributed by atoms with Crippen molar-refractivity contribution >= 4 is 17.5 Å². The summed E-state index contributed by atoms with van der Waals surface area (Å²) in [5.74, 6) is 0.984. The number of aromatic nitrogens is 2. The SMILES string of the molecule is COc1cccc(CCNC(=O)c2ccnc(Nc3c(C)cc(C)cc3C)n2)c1. The number of carbonyl (C=O) groups excluding carboxylic acids is 1. The lowest BCUT2D eigenvalue weighted by atomic mass is 10.1. The number of nitrogens with zero attached hydrogens (tertiary/aromatic N) is 2. The number of benzene rings is 2. The summed E-state index contributed by atoms with van der Waals surface area (Å²) in [6.07, 6.45) is 2.30. The fourth-order valence-corrected chi connectivity index (χ4v) is 3.27. The fourth-order valence-electron chi connectivity index (χ4n) is 3.27. The smallest absolute Gasteiger partial charge is 0.270 e. The van der Waals surface area contributed by atoms with Gasteiger partial charge in [0.1, 0.15) is 11.4 Å². The Morgan fingerprint density at radius 2 is 1.83 bits per heavy atom. The Hall–Kier alpha value is -3.41. The predicted octanol–water partition coefficient (Wildman–Crippen LogP) is 4.13. The third kappa shape index (κ3) is 5.31. The second-order valence-corrected chi connectivity index (χ2v) is 7.02. The van der Waals surface area contributed by atoms with Crippen LogP contribution in [0.25, 0.3) is 0 Å². The van der Waals surface area contributed by atoms with E-state index < -0.39 is 0 Å². The first-order valence-electron chi connectivity index (χ1n) is 9.55. The highest BCUT2D eigenvalue weighted by Crippen LogP contribution is 2.24. The van der Waals surface area contributed by atoms with Crippen molar-refractivity contribution in [2.75, 3.05) is 19.0 Å². The van der Waals surface area contributed by atoms with Gasteiger partial charge in [0.15, 0.2) is 0 Å². The lowest BCUT2D eigenvalue weighted by Gasteiger charge is -2.13. The van der Waals surface area contributed by atoms with Gasteiger partial charge in [-0.25, -0.2) is 9.97 Å². The molecule has 1 amide bonds. The van der Waals surface area contributed by atoms with Crippen LogP contribution in [0, 0.1) is 20.8 Å². The monoisotopic (exact) mass is 390 g/mol. The van der Waals surface area contributed by atoms with Crippen molar-refractivity contribution in [2.24, 2.45) is 0 Å². The molecule has 0 spiro atoms. The van der Waals surface area contributed by atoms with Crippen LogP contribution in [-0.4, -0.2) is 29.5 Å². The quantitative estimate of drug-likeness (QED) is 0.634. The molecule has 2 aromatic carbocycles. The van der Waals surface area contributed by atoms with Gasteiger partial charge in [0.2, 0.25) is 5.95 Å². The van der Waals surface area contributed by atoms with Crippen molar-refractivity contribution in [3.05, 3.63) is 76.6 Å². The van der Waals surface area contributed by atoms with Crippen LogP contribution < -0.4 is 15.4 Å². The van der Waals surface area contributed by atoms with Crippen LogP contribution in [0.1, 0.15) is 32.7 Å². The maximum atomic E-state index is 12.5. The number of carbonyl (C=O) groups is 1. The largest absolute Gasteiger partial charge is 0.497 e. The van der Waals surface area contributed by atoms with Crippen LogP contribution in [-0.2, 0) is 6.42 Å². The van der Waals surface area contributed by atoms with Crippen molar-refractivity contribution in [3.63, 3.8) is 0 Å². The maximum Gasteiger partial charge on any atom is 0.270 e. The van der Waals surface area contributed by atoms with Crippen LogP contribution in [0.15, 0.2) is 48.7 Å². The summed E-state index contributed by atoms with van der Waals surface area (Å²) in [5, 5.41) is 6.15. The molecule has 6 heteroatoms. The number of nitrogens with one attached hydrogen (secondary N) is 2. The molecule has 1 heterocycles. The number of anilines is 2. The van der Waals surface area contributed by atoms with Crippen LogP contribution in [0.2, 0.25) is 0 Å². The molecule has 3 aromatic rings. The summed E-state index contributed by atoms with van der Waals surface area (Å²) in [5.41, 5.74) is 5.82. The van der Waals surface area contributed by atoms with E-state index in [4.69, 9.17) is 4.74 Å². The van der Waals surface area contributed by atoms with Gasteiger partial charge in [-0.05, 0) is 62.1 Å². The molecule has 0 aliphatic carbocycles. The molecule has 0 aliphatic rings. The Morgan fingerprint density at radius 1 is 1.07 bits per heavy atom. The van der Waals surface area contributed by atoms with Crippen molar-refractivity contribution in [3.8, 4) is 5.75 Å². The lowest BCUT2D eigenvalue weighted by Crippen LogP contribution is -2.26. The third-order valence-electron chi connectivity index (χ3n) is 4.64. The van der Waals surface area contributed by atoms with Crippen LogP contribution in [0.5, 0.6) is 5.75 Å². The van der Waals surface area contributed by atoms with E-state index in [1.807, 2.05) is 38.1 Å². The topological polar surface area (TPSA) is 76.1 Å². The van der Waals surface area contributed by atoms with E-state index in [-0.39, 0.29) is 5.91 Å². The Morgan fingerprint density at radius 3 is 2.55 bits per heavy atom. The number of hydrogen-bond donors (Lipinski definition) is 2. The van der Waals surface area contributed by atoms with Crippen molar-refractivity contribution in [2.45, 2.75) is 27.2 Å². The molecule has 0 radical (unpaired) electrons. The van der Waals surface area contributed by atoms with Crippen molar-refractivity contribution in [1.29, 1.82) is 0 Å². The number of rotatable bonds is 7. The highest BCUT2D eigenvalue weighted by atomic mass is 16.5. The van der Waals surface area contributed by atoms with Gasteiger partial charge in [-0.15, -0.1) is 0 Å². The molecule has 0 saturated carbocycles. The zero-order valence-electron chi connectivity index (χ0n) is 17.2. The number of amides is 1. The van der Waals surface area contributed by atoms with E-state index in [1.165, 1.54) is 5.56 Å². The molecule has 0 bridgehead atoms. The molecule has 0 fully saturated rings. The van der Waals surface area contributed by atoms with E-state index in [1.54, 1.807) is 19.4 Å². The summed E-state index contributed by atoms with van der Waals surface area (Å²) in [4.78, 5) is 21.1. The molecule has 3 rings (SSSR count). The first-order valence-corrected chi connectivity index (χ1v) is 9.55. The minimum Gasteiger partial charge on any atom is -0.497 e. The molecule has 150 valence electrons. The first kappa shape index (κ1) is 20.3. The number of methoxy groups -OCH3 is 1. The normalized spacial score (nSPS) is 10.5. The van der Waals surface area contributed by atoms with Gasteiger partial charge < -0.3 is 15.4 Å². The summed E-state index contributed by atoms with van der Waals surface area (Å²) in [6, 6.07) is 13.6. The average molecular weight is 390 g/mol. The third-order valence-corrected chi connectivity index (χ3v) is 4.64. The molecule has 2 N–H and O–H groups in total. The van der Waals surface area contributed by atoms with Gasteiger partial charge in [-0.1, -0.05) is 29.8 Å². The zero-order chi connectivity index (χ0) is 20.8.